The van der Waals surface area contributed by atoms with Gasteiger partial charge < -0.3 is 9.64 Å². The molecule has 1 aliphatic rings. The number of aromatic nitrogens is 1. The van der Waals surface area contributed by atoms with Crippen LogP contribution in [0, 0.1) is 0 Å². The molecule has 0 amide bonds. The number of halogens is 1. The molecule has 0 bridgehead atoms. The van der Waals surface area contributed by atoms with Crippen LogP contribution in [0.15, 0.2) is 12.1 Å². The predicted molar refractivity (Wildman–Crippen MR) is 83.6 cm³/mol. The van der Waals surface area contributed by atoms with E-state index >= 15 is 0 Å². The summed E-state index contributed by atoms with van der Waals surface area (Å²) < 4.78 is 5.94. The molecule has 0 aliphatic carbocycles. The van der Waals surface area contributed by atoms with Crippen molar-refractivity contribution in [1.82, 2.24) is 9.88 Å². The molecule has 1 atom stereocenters. The molecule has 1 fully saturated rings. The van der Waals surface area contributed by atoms with Crippen molar-refractivity contribution in [3.05, 3.63) is 23.4 Å². The fourth-order valence-corrected chi connectivity index (χ4v) is 2.72. The number of hydrogen-bond donors (Lipinski definition) is 0. The lowest BCUT2D eigenvalue weighted by Crippen LogP contribution is -2.40. The molecule has 3 nitrogen and oxygen atoms in total. The fraction of sp³-hybridized carbons (Fsp3) is 0.688. The third kappa shape index (κ3) is 4.10. The van der Waals surface area contributed by atoms with E-state index in [2.05, 4.69) is 36.8 Å². The minimum atomic E-state index is 0.387. The number of piperidine rings is 1. The van der Waals surface area contributed by atoms with Crippen LogP contribution in [0.3, 0.4) is 0 Å². The Hall–Kier alpha value is -0.800. The van der Waals surface area contributed by atoms with Crippen LogP contribution in [0.2, 0.25) is 0 Å². The molecule has 0 N–H and O–H groups in total. The Morgan fingerprint density at radius 1 is 1.40 bits per heavy atom. The van der Waals surface area contributed by atoms with Crippen LogP contribution in [-0.2, 0) is 5.88 Å². The van der Waals surface area contributed by atoms with Crippen LogP contribution in [0.4, 0.5) is 0 Å². The zero-order valence-corrected chi connectivity index (χ0v) is 13.5. The molecule has 0 aromatic carbocycles. The van der Waals surface area contributed by atoms with Crippen molar-refractivity contribution in [2.24, 2.45) is 0 Å². The van der Waals surface area contributed by atoms with Crippen LogP contribution >= 0.6 is 11.6 Å². The van der Waals surface area contributed by atoms with Gasteiger partial charge >= 0.3 is 0 Å². The van der Waals surface area contributed by atoms with Crippen LogP contribution in [0.1, 0.15) is 50.3 Å². The van der Waals surface area contributed by atoms with Crippen molar-refractivity contribution >= 4 is 11.6 Å². The molecule has 1 aromatic rings. The molecule has 1 saturated heterocycles. The maximum Gasteiger partial charge on any atom is 0.213 e. The fourth-order valence-electron chi connectivity index (χ4n) is 2.57. The molecule has 112 valence electrons. The highest BCUT2D eigenvalue weighted by molar-refractivity contribution is 6.17. The summed E-state index contributed by atoms with van der Waals surface area (Å²) in [6.45, 7) is 6.16. The van der Waals surface area contributed by atoms with Gasteiger partial charge in [0.05, 0.1) is 0 Å². The Balaban J connectivity index is 2.02. The Bertz CT molecular complexity index is 436. The zero-order chi connectivity index (χ0) is 14.5. The van der Waals surface area contributed by atoms with E-state index in [9.17, 15) is 0 Å². The number of likely N-dealkylation sites (tertiary alicyclic amines) is 1. The summed E-state index contributed by atoms with van der Waals surface area (Å²) in [4.78, 5) is 6.98. The summed E-state index contributed by atoms with van der Waals surface area (Å²) in [6.07, 6.45) is 3.80. The largest absolute Gasteiger partial charge is 0.476 e. The van der Waals surface area contributed by atoms with Crippen molar-refractivity contribution in [3.8, 4) is 5.88 Å². The van der Waals surface area contributed by atoms with Gasteiger partial charge in [-0.05, 0) is 44.0 Å². The molecular weight excluding hydrogens is 272 g/mol. The number of hydrogen-bond acceptors (Lipinski definition) is 3. The topological polar surface area (TPSA) is 25.4 Å². The van der Waals surface area contributed by atoms with Gasteiger partial charge in [-0.1, -0.05) is 20.3 Å². The van der Waals surface area contributed by atoms with E-state index in [0.717, 1.165) is 11.3 Å². The van der Waals surface area contributed by atoms with Gasteiger partial charge in [0.2, 0.25) is 5.88 Å². The van der Waals surface area contributed by atoms with Crippen molar-refractivity contribution < 1.29 is 4.74 Å². The Labute approximate surface area is 127 Å². The highest BCUT2D eigenvalue weighted by Crippen LogP contribution is 2.21. The van der Waals surface area contributed by atoms with E-state index in [1.165, 1.54) is 25.8 Å². The Kier molecular flexibility index (Phi) is 5.67. The van der Waals surface area contributed by atoms with Crippen molar-refractivity contribution in [3.63, 3.8) is 0 Å². The predicted octanol–water partition coefficient (Wildman–Crippen LogP) is 3.81. The minimum absolute atomic E-state index is 0.387. The number of pyridine rings is 1. The van der Waals surface area contributed by atoms with Crippen LogP contribution < -0.4 is 4.74 Å². The average molecular weight is 297 g/mol. The lowest BCUT2D eigenvalue weighted by atomic mass is 10.0. The molecule has 1 aliphatic heterocycles. The Morgan fingerprint density at radius 2 is 2.20 bits per heavy atom. The Morgan fingerprint density at radius 3 is 2.85 bits per heavy atom. The lowest BCUT2D eigenvalue weighted by molar-refractivity contribution is 0.122. The van der Waals surface area contributed by atoms with Crippen LogP contribution in [0.25, 0.3) is 0 Å². The molecule has 0 saturated carbocycles. The minimum Gasteiger partial charge on any atom is -0.476 e. The summed E-state index contributed by atoms with van der Waals surface area (Å²) >= 11 is 5.96. The first-order valence-electron chi connectivity index (χ1n) is 7.50. The molecule has 1 unspecified atom stereocenters. The van der Waals surface area contributed by atoms with Gasteiger partial charge in [-0.3, -0.25) is 0 Å². The molecule has 1 aromatic heterocycles. The van der Waals surface area contributed by atoms with Crippen molar-refractivity contribution in [2.75, 3.05) is 20.2 Å². The molecule has 4 heteroatoms. The first-order chi connectivity index (χ1) is 9.60. The smallest absolute Gasteiger partial charge is 0.213 e. The summed E-state index contributed by atoms with van der Waals surface area (Å²) in [7, 11) is 2.18. The average Bonchev–Trinajstić information content (AvgIpc) is 2.46. The van der Waals surface area contributed by atoms with E-state index in [4.69, 9.17) is 16.3 Å². The highest BCUT2D eigenvalue weighted by atomic mass is 35.5. The second-order valence-electron chi connectivity index (χ2n) is 5.97. The molecule has 0 spiro atoms. The van der Waals surface area contributed by atoms with E-state index in [-0.39, 0.29) is 0 Å². The van der Waals surface area contributed by atoms with E-state index in [0.29, 0.717) is 30.3 Å². The summed E-state index contributed by atoms with van der Waals surface area (Å²) in [6, 6.07) is 4.53. The van der Waals surface area contributed by atoms with Gasteiger partial charge in [0.15, 0.2) is 0 Å². The molecular formula is C16H25ClN2O. The van der Waals surface area contributed by atoms with Gasteiger partial charge in [0.1, 0.15) is 6.61 Å². The number of alkyl halides is 1. The monoisotopic (exact) mass is 296 g/mol. The first kappa shape index (κ1) is 15.6. The maximum atomic E-state index is 5.96. The van der Waals surface area contributed by atoms with Gasteiger partial charge in [0.25, 0.3) is 0 Å². The van der Waals surface area contributed by atoms with E-state index in [1.54, 1.807) is 0 Å². The summed E-state index contributed by atoms with van der Waals surface area (Å²) in [5, 5.41) is 0. The van der Waals surface area contributed by atoms with Crippen LogP contribution in [-0.4, -0.2) is 36.1 Å². The highest BCUT2D eigenvalue weighted by Gasteiger charge is 2.19. The van der Waals surface area contributed by atoms with Crippen LogP contribution in [0.5, 0.6) is 5.88 Å². The van der Waals surface area contributed by atoms with Crippen molar-refractivity contribution in [2.45, 2.75) is 50.9 Å². The number of nitrogens with zero attached hydrogens (tertiary/aromatic N) is 2. The van der Waals surface area contributed by atoms with Gasteiger partial charge in [0, 0.05) is 23.7 Å². The third-order valence-corrected chi connectivity index (χ3v) is 4.28. The first-order valence-corrected chi connectivity index (χ1v) is 8.03. The molecule has 2 heterocycles. The normalized spacial score (nSPS) is 20.4. The third-order valence-electron chi connectivity index (χ3n) is 3.97. The van der Waals surface area contributed by atoms with Crippen molar-refractivity contribution in [1.29, 1.82) is 0 Å². The molecule has 2 rings (SSSR count). The van der Waals surface area contributed by atoms with Gasteiger partial charge in [-0.15, -0.1) is 11.6 Å². The molecule has 0 radical (unpaired) electrons. The lowest BCUT2D eigenvalue weighted by Gasteiger charge is -2.32. The standard InChI is InChI=1S/C16H25ClN2O/c1-12(2)15-8-13(10-17)9-16(18-15)20-11-14-6-4-5-7-19(14)3/h8-9,12,14H,4-7,10-11H2,1-3H3. The van der Waals surface area contributed by atoms with E-state index < -0.39 is 0 Å². The second-order valence-corrected chi connectivity index (χ2v) is 6.24. The number of ether oxygens (including phenoxy) is 1. The number of likely N-dealkylation sites (N-methyl/N-ethyl adjacent to an activating group) is 1. The number of rotatable bonds is 5. The van der Waals surface area contributed by atoms with Gasteiger partial charge in [-0.2, -0.15) is 0 Å². The zero-order valence-electron chi connectivity index (χ0n) is 12.7. The summed E-state index contributed by atoms with van der Waals surface area (Å²) in [5.74, 6) is 1.60. The SMILES string of the molecule is CC(C)c1cc(CCl)cc(OCC2CCCCN2C)n1. The van der Waals surface area contributed by atoms with Gasteiger partial charge in [-0.25, -0.2) is 4.98 Å². The van der Waals surface area contributed by atoms with E-state index in [1.807, 2.05) is 6.07 Å². The quantitative estimate of drug-likeness (QED) is 0.773. The second kappa shape index (κ2) is 7.28. The maximum absolute atomic E-state index is 5.96. The molecule has 20 heavy (non-hydrogen) atoms. The summed E-state index contributed by atoms with van der Waals surface area (Å²) in [5.41, 5.74) is 2.13.